The van der Waals surface area contributed by atoms with Crippen LogP contribution < -0.4 is 4.72 Å². The molecule has 15 heavy (non-hydrogen) atoms. The number of aromatic nitrogens is 2. The zero-order valence-corrected chi connectivity index (χ0v) is 9.34. The molecule has 3 N–H and O–H groups in total. The largest absolute Gasteiger partial charge is 0.396 e. The highest BCUT2D eigenvalue weighted by molar-refractivity contribution is 7.89. The Morgan fingerprint density at radius 3 is 2.87 bits per heavy atom. The predicted octanol–water partition coefficient (Wildman–Crippen LogP) is -0.367. The van der Waals surface area contributed by atoms with E-state index in [1.54, 1.807) is 0 Å². The molecule has 0 unspecified atom stereocenters. The number of imidazole rings is 1. The highest BCUT2D eigenvalue weighted by Crippen LogP contribution is 2.05. The van der Waals surface area contributed by atoms with Crippen molar-refractivity contribution >= 4 is 10.0 Å². The van der Waals surface area contributed by atoms with Gasteiger partial charge < -0.3 is 10.1 Å². The van der Waals surface area contributed by atoms with Gasteiger partial charge in [-0.05, 0) is 6.42 Å². The maximum atomic E-state index is 11.6. The van der Waals surface area contributed by atoms with Gasteiger partial charge in [0.2, 0.25) is 0 Å². The number of hydrogen-bond acceptors (Lipinski definition) is 4. The second kappa shape index (κ2) is 5.24. The van der Waals surface area contributed by atoms with E-state index in [1.165, 1.54) is 6.20 Å². The van der Waals surface area contributed by atoms with E-state index in [4.69, 9.17) is 5.11 Å². The first-order valence-corrected chi connectivity index (χ1v) is 6.23. The Labute approximate surface area is 88.8 Å². The number of hydrogen-bond donors (Lipinski definition) is 3. The number of nitrogens with zero attached hydrogens (tertiary/aromatic N) is 1. The van der Waals surface area contributed by atoms with Crippen molar-refractivity contribution in [1.29, 1.82) is 0 Å². The maximum Gasteiger partial charge on any atom is 0.257 e. The molecule has 0 spiro atoms. The van der Waals surface area contributed by atoms with Crippen LogP contribution in [0.3, 0.4) is 0 Å². The van der Waals surface area contributed by atoms with Crippen LogP contribution in [-0.4, -0.2) is 36.6 Å². The second-order valence-electron chi connectivity index (χ2n) is 3.02. The van der Waals surface area contributed by atoms with Gasteiger partial charge in [-0.25, -0.2) is 18.1 Å². The summed E-state index contributed by atoms with van der Waals surface area (Å²) in [5, 5.41) is 8.59. The minimum absolute atomic E-state index is 0.0360. The summed E-state index contributed by atoms with van der Waals surface area (Å²) in [4.78, 5) is 6.61. The van der Waals surface area contributed by atoms with Crippen LogP contribution in [0, 0.1) is 0 Å². The monoisotopic (exact) mass is 233 g/mol. The van der Waals surface area contributed by atoms with E-state index in [2.05, 4.69) is 14.7 Å². The summed E-state index contributed by atoms with van der Waals surface area (Å²) in [5.41, 5.74) is 0. The molecule has 0 saturated heterocycles. The highest BCUT2D eigenvalue weighted by atomic mass is 32.2. The first-order chi connectivity index (χ1) is 7.10. The van der Waals surface area contributed by atoms with Crippen molar-refractivity contribution in [3.63, 3.8) is 0 Å². The van der Waals surface area contributed by atoms with E-state index >= 15 is 0 Å². The molecule has 0 radical (unpaired) electrons. The molecule has 1 aromatic heterocycles. The molecule has 86 valence electrons. The van der Waals surface area contributed by atoms with Crippen LogP contribution in [-0.2, 0) is 16.4 Å². The quantitative estimate of drug-likeness (QED) is 0.584. The second-order valence-corrected chi connectivity index (χ2v) is 4.76. The Balaban J connectivity index is 2.68. The summed E-state index contributed by atoms with van der Waals surface area (Å²) in [6, 6.07) is 0. The third-order valence-corrected chi connectivity index (χ3v) is 3.23. The minimum Gasteiger partial charge on any atom is -0.396 e. The van der Waals surface area contributed by atoms with Gasteiger partial charge in [-0.15, -0.1) is 0 Å². The number of aryl methyl sites for hydroxylation is 1. The van der Waals surface area contributed by atoms with Gasteiger partial charge in [-0.3, -0.25) is 0 Å². The Hall–Kier alpha value is -0.920. The lowest BCUT2D eigenvalue weighted by atomic mass is 10.5. The van der Waals surface area contributed by atoms with E-state index in [1.807, 2.05) is 6.92 Å². The molecule has 6 nitrogen and oxygen atoms in total. The number of sulfonamides is 1. The van der Waals surface area contributed by atoms with Crippen molar-refractivity contribution in [2.24, 2.45) is 0 Å². The molecule has 1 aromatic rings. The van der Waals surface area contributed by atoms with Gasteiger partial charge in [0.15, 0.2) is 5.03 Å². The van der Waals surface area contributed by atoms with Crippen molar-refractivity contribution in [3.8, 4) is 0 Å². The fourth-order valence-corrected chi connectivity index (χ4v) is 2.04. The van der Waals surface area contributed by atoms with Crippen molar-refractivity contribution in [1.82, 2.24) is 14.7 Å². The molecule has 0 bridgehead atoms. The summed E-state index contributed by atoms with van der Waals surface area (Å²) in [6.07, 6.45) is 2.35. The van der Waals surface area contributed by atoms with Crippen LogP contribution >= 0.6 is 0 Å². The fraction of sp³-hybridized carbons (Fsp3) is 0.625. The van der Waals surface area contributed by atoms with Crippen molar-refractivity contribution in [3.05, 3.63) is 12.0 Å². The number of aliphatic hydroxyl groups is 1. The topological polar surface area (TPSA) is 95.1 Å². The predicted molar refractivity (Wildman–Crippen MR) is 54.9 cm³/mol. The zero-order chi connectivity index (χ0) is 11.3. The molecule has 0 aromatic carbocycles. The van der Waals surface area contributed by atoms with Crippen LogP contribution in [0.15, 0.2) is 11.2 Å². The van der Waals surface area contributed by atoms with Crippen molar-refractivity contribution < 1.29 is 13.5 Å². The number of aromatic amines is 1. The molecule has 0 aliphatic rings. The van der Waals surface area contributed by atoms with Crippen LogP contribution in [0.2, 0.25) is 0 Å². The summed E-state index contributed by atoms with van der Waals surface area (Å²) in [5.74, 6) is 0.637. The number of nitrogens with one attached hydrogen (secondary N) is 2. The van der Waals surface area contributed by atoms with Crippen LogP contribution in [0.1, 0.15) is 19.2 Å². The van der Waals surface area contributed by atoms with E-state index in [0.717, 1.165) is 0 Å². The molecule has 7 heteroatoms. The molecular formula is C8H15N3O3S. The normalized spacial score (nSPS) is 11.9. The fourth-order valence-electron chi connectivity index (χ4n) is 1.02. The standard InChI is InChI=1S/C8H15N3O3S/c1-2-7-9-6-8(11-7)15(13,14)10-4-3-5-12/h6,10,12H,2-5H2,1H3,(H,9,11). The molecule has 1 heterocycles. The van der Waals surface area contributed by atoms with Crippen LogP contribution in [0.5, 0.6) is 0 Å². The summed E-state index contributed by atoms with van der Waals surface area (Å²) < 4.78 is 25.5. The minimum atomic E-state index is -3.50. The summed E-state index contributed by atoms with van der Waals surface area (Å²) >= 11 is 0. The average molecular weight is 233 g/mol. The lowest BCUT2D eigenvalue weighted by molar-refractivity contribution is 0.289. The van der Waals surface area contributed by atoms with Crippen LogP contribution in [0.25, 0.3) is 0 Å². The van der Waals surface area contributed by atoms with Gasteiger partial charge in [0, 0.05) is 19.6 Å². The lowest BCUT2D eigenvalue weighted by Crippen LogP contribution is -2.25. The number of rotatable bonds is 6. The molecule has 0 aliphatic carbocycles. The summed E-state index contributed by atoms with van der Waals surface area (Å²) in [7, 11) is -3.50. The van der Waals surface area contributed by atoms with Crippen molar-refractivity contribution in [2.45, 2.75) is 24.8 Å². The molecule has 0 saturated carbocycles. The first kappa shape index (κ1) is 12.2. The molecular weight excluding hydrogens is 218 g/mol. The third kappa shape index (κ3) is 3.29. The van der Waals surface area contributed by atoms with Gasteiger partial charge in [-0.2, -0.15) is 0 Å². The number of H-pyrrole nitrogens is 1. The van der Waals surface area contributed by atoms with E-state index < -0.39 is 10.0 Å². The van der Waals surface area contributed by atoms with Crippen molar-refractivity contribution in [2.75, 3.05) is 13.2 Å². The Kier molecular flexibility index (Phi) is 4.25. The molecule has 1 rings (SSSR count). The third-order valence-electron chi connectivity index (χ3n) is 1.86. The van der Waals surface area contributed by atoms with Gasteiger partial charge in [0.25, 0.3) is 10.0 Å². The van der Waals surface area contributed by atoms with Gasteiger partial charge in [-0.1, -0.05) is 6.92 Å². The summed E-state index contributed by atoms with van der Waals surface area (Å²) in [6.45, 7) is 2.07. The molecule has 0 atom stereocenters. The Bertz CT molecular complexity index is 399. The molecule has 0 aliphatic heterocycles. The smallest absolute Gasteiger partial charge is 0.257 e. The average Bonchev–Trinajstić information content (AvgIpc) is 2.66. The molecule has 0 fully saturated rings. The Morgan fingerprint density at radius 2 is 2.33 bits per heavy atom. The molecule has 0 amide bonds. The van der Waals surface area contributed by atoms with E-state index in [9.17, 15) is 8.42 Å². The lowest BCUT2D eigenvalue weighted by Gasteiger charge is -2.02. The van der Waals surface area contributed by atoms with E-state index in [-0.39, 0.29) is 18.2 Å². The van der Waals surface area contributed by atoms with E-state index in [0.29, 0.717) is 18.7 Å². The maximum absolute atomic E-state index is 11.6. The SMILES string of the molecule is CCc1ncc(S(=O)(=O)NCCCO)[nH]1. The van der Waals surface area contributed by atoms with Gasteiger partial charge in [0.1, 0.15) is 5.82 Å². The van der Waals surface area contributed by atoms with Gasteiger partial charge >= 0.3 is 0 Å². The Morgan fingerprint density at radius 1 is 1.60 bits per heavy atom. The number of aliphatic hydroxyl groups excluding tert-OH is 1. The highest BCUT2D eigenvalue weighted by Gasteiger charge is 2.15. The van der Waals surface area contributed by atoms with Crippen LogP contribution in [0.4, 0.5) is 0 Å². The zero-order valence-electron chi connectivity index (χ0n) is 8.52. The van der Waals surface area contributed by atoms with Gasteiger partial charge in [0.05, 0.1) is 6.20 Å². The first-order valence-electron chi connectivity index (χ1n) is 4.74.